The highest BCUT2D eigenvalue weighted by molar-refractivity contribution is 14.0. The van der Waals surface area contributed by atoms with Gasteiger partial charge in [-0.25, -0.2) is 4.39 Å². The van der Waals surface area contributed by atoms with E-state index in [4.69, 9.17) is 0 Å². The standard InChI is InChI=1S/C22H29FN6O.HI/c1-24-22(26-12-9-19-4-2-3-11-25-19)27-13-10-21(30)29-16-14-28(15-17-29)20-7-5-18(23)6-8-20;/h2-8,11H,9-10,12-17H2,1H3,(H2,24,26,27);1H. The van der Waals surface area contributed by atoms with Crippen LogP contribution in [0.2, 0.25) is 0 Å². The Morgan fingerprint density at radius 3 is 2.42 bits per heavy atom. The molecule has 1 aromatic heterocycles. The lowest BCUT2D eigenvalue weighted by molar-refractivity contribution is -0.131. The molecule has 0 unspecified atom stereocenters. The van der Waals surface area contributed by atoms with Gasteiger partial charge in [0, 0.05) is 76.7 Å². The van der Waals surface area contributed by atoms with Crippen LogP contribution in [0.4, 0.5) is 10.1 Å². The van der Waals surface area contributed by atoms with Gasteiger partial charge in [0.15, 0.2) is 5.96 Å². The largest absolute Gasteiger partial charge is 0.368 e. The number of carbonyl (C=O) groups excluding carboxylic acids is 1. The van der Waals surface area contributed by atoms with Crippen molar-refractivity contribution in [2.75, 3.05) is 51.2 Å². The van der Waals surface area contributed by atoms with Crippen LogP contribution in [0.15, 0.2) is 53.7 Å². The van der Waals surface area contributed by atoms with Crippen molar-refractivity contribution in [1.82, 2.24) is 20.5 Å². The predicted octanol–water partition coefficient (Wildman–Crippen LogP) is 2.29. The van der Waals surface area contributed by atoms with Gasteiger partial charge in [0.05, 0.1) is 0 Å². The van der Waals surface area contributed by atoms with Crippen molar-refractivity contribution >= 4 is 41.5 Å². The molecule has 1 aliphatic heterocycles. The molecule has 3 rings (SSSR count). The molecule has 0 atom stereocenters. The second-order valence-electron chi connectivity index (χ2n) is 7.09. The molecule has 168 valence electrons. The van der Waals surface area contributed by atoms with Crippen molar-refractivity contribution < 1.29 is 9.18 Å². The molecule has 0 saturated carbocycles. The number of nitrogens with zero attached hydrogens (tertiary/aromatic N) is 4. The van der Waals surface area contributed by atoms with E-state index in [0.717, 1.165) is 37.4 Å². The zero-order chi connectivity index (χ0) is 21.2. The lowest BCUT2D eigenvalue weighted by Crippen LogP contribution is -2.49. The number of aromatic nitrogens is 1. The van der Waals surface area contributed by atoms with Crippen LogP contribution in [0.3, 0.4) is 0 Å². The first-order chi connectivity index (χ1) is 14.7. The van der Waals surface area contributed by atoms with E-state index in [1.54, 1.807) is 25.4 Å². The summed E-state index contributed by atoms with van der Waals surface area (Å²) in [5.74, 6) is 0.575. The molecule has 1 saturated heterocycles. The second kappa shape index (κ2) is 13.1. The molecule has 0 aliphatic carbocycles. The number of anilines is 1. The van der Waals surface area contributed by atoms with E-state index >= 15 is 0 Å². The third-order valence-electron chi connectivity index (χ3n) is 5.08. The van der Waals surface area contributed by atoms with E-state index in [0.29, 0.717) is 32.0 Å². The molecular formula is C22H30FIN6O. The highest BCUT2D eigenvalue weighted by Gasteiger charge is 2.21. The Balaban J connectivity index is 0.00000341. The van der Waals surface area contributed by atoms with Crippen molar-refractivity contribution in [3.8, 4) is 0 Å². The van der Waals surface area contributed by atoms with Crippen LogP contribution in [0.1, 0.15) is 12.1 Å². The normalized spacial score (nSPS) is 14.1. The van der Waals surface area contributed by atoms with Gasteiger partial charge in [0.2, 0.25) is 5.91 Å². The van der Waals surface area contributed by atoms with E-state index in [9.17, 15) is 9.18 Å². The van der Waals surface area contributed by atoms with Gasteiger partial charge in [0.1, 0.15) is 5.82 Å². The van der Waals surface area contributed by atoms with Gasteiger partial charge in [-0.05, 0) is 36.4 Å². The molecule has 31 heavy (non-hydrogen) atoms. The number of hydrogen-bond donors (Lipinski definition) is 2. The molecule has 0 radical (unpaired) electrons. The number of rotatable bonds is 7. The van der Waals surface area contributed by atoms with Crippen molar-refractivity contribution in [2.45, 2.75) is 12.8 Å². The lowest BCUT2D eigenvalue weighted by Gasteiger charge is -2.36. The van der Waals surface area contributed by atoms with E-state index in [1.165, 1.54) is 12.1 Å². The fraction of sp³-hybridized carbons (Fsp3) is 0.409. The Kier molecular flexibility index (Phi) is 10.5. The van der Waals surface area contributed by atoms with Crippen LogP contribution in [-0.4, -0.2) is 68.1 Å². The highest BCUT2D eigenvalue weighted by atomic mass is 127. The summed E-state index contributed by atoms with van der Waals surface area (Å²) < 4.78 is 13.1. The van der Waals surface area contributed by atoms with Gasteiger partial charge >= 0.3 is 0 Å². The van der Waals surface area contributed by atoms with Crippen molar-refractivity contribution in [3.63, 3.8) is 0 Å². The molecule has 2 heterocycles. The maximum Gasteiger partial charge on any atom is 0.224 e. The highest BCUT2D eigenvalue weighted by Crippen LogP contribution is 2.17. The van der Waals surface area contributed by atoms with Gasteiger partial charge in [-0.3, -0.25) is 14.8 Å². The summed E-state index contributed by atoms with van der Waals surface area (Å²) in [5, 5.41) is 6.43. The molecule has 1 aromatic carbocycles. The van der Waals surface area contributed by atoms with Crippen LogP contribution in [0, 0.1) is 5.82 Å². The first kappa shape index (κ1) is 24.8. The minimum Gasteiger partial charge on any atom is -0.368 e. The van der Waals surface area contributed by atoms with Crippen LogP contribution in [0.25, 0.3) is 0 Å². The molecule has 7 nitrogen and oxygen atoms in total. The first-order valence-electron chi connectivity index (χ1n) is 10.3. The van der Waals surface area contributed by atoms with Crippen LogP contribution in [0.5, 0.6) is 0 Å². The monoisotopic (exact) mass is 540 g/mol. The zero-order valence-corrected chi connectivity index (χ0v) is 20.1. The number of nitrogens with one attached hydrogen (secondary N) is 2. The lowest BCUT2D eigenvalue weighted by atomic mass is 10.2. The van der Waals surface area contributed by atoms with Gasteiger partial charge in [0.25, 0.3) is 0 Å². The summed E-state index contributed by atoms with van der Waals surface area (Å²) in [6.45, 7) is 4.10. The van der Waals surface area contributed by atoms with Crippen LogP contribution >= 0.6 is 24.0 Å². The molecule has 2 N–H and O–H groups in total. The topological polar surface area (TPSA) is 72.9 Å². The maximum absolute atomic E-state index is 13.1. The SMILES string of the molecule is CN=C(NCCC(=O)N1CCN(c2ccc(F)cc2)CC1)NCCc1ccccn1.I. The first-order valence-corrected chi connectivity index (χ1v) is 10.3. The van der Waals surface area contributed by atoms with Gasteiger partial charge in [-0.2, -0.15) is 0 Å². The Morgan fingerprint density at radius 1 is 1.06 bits per heavy atom. The number of amides is 1. The molecular weight excluding hydrogens is 510 g/mol. The molecule has 9 heteroatoms. The minimum absolute atomic E-state index is 0. The maximum atomic E-state index is 13.1. The van der Waals surface area contributed by atoms with E-state index < -0.39 is 0 Å². The average molecular weight is 540 g/mol. The Bertz CT molecular complexity index is 826. The van der Waals surface area contributed by atoms with Crippen LogP contribution < -0.4 is 15.5 Å². The van der Waals surface area contributed by atoms with Crippen molar-refractivity contribution in [1.29, 1.82) is 0 Å². The summed E-state index contributed by atoms with van der Waals surface area (Å²) in [5.41, 5.74) is 2.01. The summed E-state index contributed by atoms with van der Waals surface area (Å²) in [7, 11) is 1.71. The van der Waals surface area contributed by atoms with Gasteiger partial charge in [-0.1, -0.05) is 6.07 Å². The number of halogens is 2. The number of hydrogen-bond acceptors (Lipinski definition) is 4. The second-order valence-corrected chi connectivity index (χ2v) is 7.09. The predicted molar refractivity (Wildman–Crippen MR) is 133 cm³/mol. The van der Waals surface area contributed by atoms with Crippen molar-refractivity contribution in [2.24, 2.45) is 4.99 Å². The van der Waals surface area contributed by atoms with Crippen molar-refractivity contribution in [3.05, 3.63) is 60.2 Å². The molecule has 1 amide bonds. The molecule has 1 aliphatic rings. The average Bonchev–Trinajstić information content (AvgIpc) is 2.79. The Hall–Kier alpha value is -2.43. The molecule has 1 fully saturated rings. The molecule has 0 bridgehead atoms. The number of carbonyl (C=O) groups is 1. The smallest absolute Gasteiger partial charge is 0.224 e. The Morgan fingerprint density at radius 2 is 1.77 bits per heavy atom. The number of benzene rings is 1. The fourth-order valence-corrected chi connectivity index (χ4v) is 3.39. The van der Waals surface area contributed by atoms with E-state index in [-0.39, 0.29) is 35.7 Å². The third-order valence-corrected chi connectivity index (χ3v) is 5.08. The number of piperazine rings is 1. The molecule has 2 aromatic rings. The molecule has 0 spiro atoms. The van der Waals surface area contributed by atoms with Gasteiger partial charge in [-0.15, -0.1) is 24.0 Å². The number of pyridine rings is 1. The summed E-state index contributed by atoms with van der Waals surface area (Å²) in [6.07, 6.45) is 3.00. The quantitative estimate of drug-likeness (QED) is 0.321. The fourth-order valence-electron chi connectivity index (χ4n) is 3.39. The summed E-state index contributed by atoms with van der Waals surface area (Å²) in [4.78, 5) is 25.1. The van der Waals surface area contributed by atoms with E-state index in [1.807, 2.05) is 23.1 Å². The van der Waals surface area contributed by atoms with E-state index in [2.05, 4.69) is 25.5 Å². The summed E-state index contributed by atoms with van der Waals surface area (Å²) in [6, 6.07) is 12.4. The number of guanidine groups is 1. The number of aliphatic imine (C=N–C) groups is 1. The van der Waals surface area contributed by atoms with Gasteiger partial charge < -0.3 is 20.4 Å². The Labute approximate surface area is 200 Å². The third kappa shape index (κ3) is 7.97. The minimum atomic E-state index is -0.235. The zero-order valence-electron chi connectivity index (χ0n) is 17.8. The van der Waals surface area contributed by atoms with Crippen LogP contribution in [-0.2, 0) is 11.2 Å². The summed E-state index contributed by atoms with van der Waals surface area (Å²) >= 11 is 0.